The normalized spacial score (nSPS) is 15.2. The van der Waals surface area contributed by atoms with Gasteiger partial charge in [-0.15, -0.1) is 0 Å². The molecule has 1 fully saturated rings. The number of sulfonamides is 1. The van der Waals surface area contributed by atoms with E-state index in [9.17, 15) is 8.42 Å². The third-order valence-corrected chi connectivity index (χ3v) is 7.45. The van der Waals surface area contributed by atoms with Gasteiger partial charge in [0, 0.05) is 49.5 Å². The number of rotatable bonds is 5. The van der Waals surface area contributed by atoms with Gasteiger partial charge in [-0.05, 0) is 42.8 Å². The summed E-state index contributed by atoms with van der Waals surface area (Å²) in [5.74, 6) is 0. The van der Waals surface area contributed by atoms with Crippen LogP contribution in [0.5, 0.6) is 0 Å². The van der Waals surface area contributed by atoms with E-state index in [0.29, 0.717) is 15.6 Å². The van der Waals surface area contributed by atoms with Crippen molar-refractivity contribution in [2.75, 3.05) is 31.1 Å². The first-order chi connectivity index (χ1) is 15.2. The average molecular weight is 490 g/mol. The van der Waals surface area contributed by atoms with E-state index in [2.05, 4.69) is 9.80 Å². The highest BCUT2D eigenvalue weighted by Gasteiger charge is 2.23. The van der Waals surface area contributed by atoms with Crippen LogP contribution in [0.1, 0.15) is 11.1 Å². The molecule has 3 aromatic rings. The average Bonchev–Trinajstić information content (AvgIpc) is 2.76. The zero-order valence-corrected chi connectivity index (χ0v) is 20.1. The maximum Gasteiger partial charge on any atom is 0.238 e. The van der Waals surface area contributed by atoms with Crippen LogP contribution in [0.25, 0.3) is 11.1 Å². The lowest BCUT2D eigenvalue weighted by atomic mass is 10.0. The number of hydrogen-bond donors (Lipinski definition) is 1. The van der Waals surface area contributed by atoms with Crippen LogP contribution in [0.3, 0.4) is 0 Å². The largest absolute Gasteiger partial charge is 0.368 e. The van der Waals surface area contributed by atoms with E-state index in [-0.39, 0.29) is 4.90 Å². The molecule has 0 saturated carbocycles. The number of nitrogens with zero attached hydrogens (tertiary/aromatic N) is 2. The summed E-state index contributed by atoms with van der Waals surface area (Å²) in [6.07, 6.45) is 0. The molecule has 1 heterocycles. The number of anilines is 1. The molecule has 0 aliphatic carbocycles. The van der Waals surface area contributed by atoms with Crippen molar-refractivity contribution < 1.29 is 8.42 Å². The van der Waals surface area contributed by atoms with E-state index >= 15 is 0 Å². The molecule has 0 bridgehead atoms. The molecule has 5 nitrogen and oxygen atoms in total. The fraction of sp³-hybridized carbons (Fsp3) is 0.250. The quantitative estimate of drug-likeness (QED) is 0.551. The van der Waals surface area contributed by atoms with Crippen molar-refractivity contribution in [3.05, 3.63) is 81.8 Å². The highest BCUT2D eigenvalue weighted by Crippen LogP contribution is 2.36. The van der Waals surface area contributed by atoms with Crippen LogP contribution in [0.4, 0.5) is 5.69 Å². The maximum absolute atomic E-state index is 12.2. The Morgan fingerprint density at radius 3 is 2.28 bits per heavy atom. The molecule has 4 rings (SSSR count). The third-order valence-electron chi connectivity index (χ3n) is 5.74. The highest BCUT2D eigenvalue weighted by molar-refractivity contribution is 7.89. The molecule has 32 heavy (non-hydrogen) atoms. The predicted octanol–water partition coefficient (Wildman–Crippen LogP) is 4.94. The molecule has 3 aromatic carbocycles. The number of primary sulfonamides is 1. The number of piperazine rings is 1. The van der Waals surface area contributed by atoms with Gasteiger partial charge in [0.05, 0.1) is 14.9 Å². The highest BCUT2D eigenvalue weighted by atomic mass is 35.5. The minimum Gasteiger partial charge on any atom is -0.368 e. The lowest BCUT2D eigenvalue weighted by Gasteiger charge is -2.37. The van der Waals surface area contributed by atoms with Gasteiger partial charge in [-0.3, -0.25) is 4.90 Å². The van der Waals surface area contributed by atoms with Gasteiger partial charge in [-0.1, -0.05) is 59.1 Å². The standard InChI is InChI=1S/C24H25Cl2N3O2S/c1-17-6-9-24(32(27,30)31)20(14-17)19-4-2-3-5-23(19)29-12-10-28(11-13-29)16-18-7-8-21(25)22(26)15-18/h2-9,14-15H,10-13,16H2,1H3,(H2,27,30,31). The molecule has 8 heteroatoms. The lowest BCUT2D eigenvalue weighted by Crippen LogP contribution is -2.46. The third kappa shape index (κ3) is 5.11. The number of nitrogens with two attached hydrogens (primary N) is 1. The molecule has 0 amide bonds. The smallest absolute Gasteiger partial charge is 0.238 e. The Hall–Kier alpha value is -2.09. The van der Waals surface area contributed by atoms with Crippen LogP contribution in [0, 0.1) is 6.92 Å². The van der Waals surface area contributed by atoms with Crippen molar-refractivity contribution in [1.82, 2.24) is 4.90 Å². The Kier molecular flexibility index (Phi) is 6.79. The topological polar surface area (TPSA) is 66.6 Å². The summed E-state index contributed by atoms with van der Waals surface area (Å²) >= 11 is 12.2. The predicted molar refractivity (Wildman–Crippen MR) is 132 cm³/mol. The zero-order valence-electron chi connectivity index (χ0n) is 17.8. The Bertz CT molecular complexity index is 1240. The van der Waals surface area contributed by atoms with Crippen molar-refractivity contribution in [3.63, 3.8) is 0 Å². The van der Waals surface area contributed by atoms with Gasteiger partial charge < -0.3 is 4.90 Å². The SMILES string of the molecule is Cc1ccc(S(N)(=O)=O)c(-c2ccccc2N2CCN(Cc3ccc(Cl)c(Cl)c3)CC2)c1. The number of para-hydroxylation sites is 1. The van der Waals surface area contributed by atoms with Crippen LogP contribution in [-0.2, 0) is 16.6 Å². The first kappa shape index (κ1) is 23.1. The van der Waals surface area contributed by atoms with Crippen LogP contribution >= 0.6 is 23.2 Å². The second kappa shape index (κ2) is 9.41. The van der Waals surface area contributed by atoms with Crippen LogP contribution in [-0.4, -0.2) is 39.5 Å². The van der Waals surface area contributed by atoms with Crippen LogP contribution in [0.15, 0.2) is 65.6 Å². The van der Waals surface area contributed by atoms with E-state index in [0.717, 1.165) is 55.1 Å². The van der Waals surface area contributed by atoms with E-state index in [1.807, 2.05) is 55.5 Å². The van der Waals surface area contributed by atoms with Gasteiger partial charge in [-0.2, -0.15) is 0 Å². The Balaban J connectivity index is 1.56. The number of benzene rings is 3. The van der Waals surface area contributed by atoms with Crippen molar-refractivity contribution in [2.24, 2.45) is 5.14 Å². The number of aryl methyl sites for hydroxylation is 1. The van der Waals surface area contributed by atoms with Gasteiger partial charge in [0.15, 0.2) is 0 Å². The fourth-order valence-corrected chi connectivity index (χ4v) is 5.18. The first-order valence-electron chi connectivity index (χ1n) is 10.4. The summed E-state index contributed by atoms with van der Waals surface area (Å²) in [5, 5.41) is 6.65. The van der Waals surface area contributed by atoms with Crippen LogP contribution < -0.4 is 10.0 Å². The summed E-state index contributed by atoms with van der Waals surface area (Å²) in [5.41, 5.74) is 4.64. The molecule has 0 aromatic heterocycles. The molecule has 0 unspecified atom stereocenters. The lowest BCUT2D eigenvalue weighted by molar-refractivity contribution is 0.250. The number of halogens is 2. The Morgan fingerprint density at radius 2 is 1.59 bits per heavy atom. The van der Waals surface area contributed by atoms with E-state index in [1.54, 1.807) is 12.1 Å². The van der Waals surface area contributed by atoms with Gasteiger partial charge in [0.1, 0.15) is 0 Å². The maximum atomic E-state index is 12.2. The summed E-state index contributed by atoms with van der Waals surface area (Å²) in [7, 11) is -3.84. The van der Waals surface area contributed by atoms with E-state index < -0.39 is 10.0 Å². The van der Waals surface area contributed by atoms with Crippen molar-refractivity contribution in [1.29, 1.82) is 0 Å². The second-order valence-corrected chi connectivity index (χ2v) is 10.4. The summed E-state index contributed by atoms with van der Waals surface area (Å²) in [6, 6.07) is 18.9. The Morgan fingerprint density at radius 1 is 0.875 bits per heavy atom. The molecule has 1 aliphatic heterocycles. The molecule has 1 saturated heterocycles. The van der Waals surface area contributed by atoms with E-state index in [1.165, 1.54) is 0 Å². The van der Waals surface area contributed by atoms with Gasteiger partial charge in [-0.25, -0.2) is 13.6 Å². The van der Waals surface area contributed by atoms with Crippen molar-refractivity contribution >= 4 is 38.9 Å². The van der Waals surface area contributed by atoms with Gasteiger partial charge in [0.25, 0.3) is 0 Å². The summed E-state index contributed by atoms with van der Waals surface area (Å²) in [4.78, 5) is 4.82. The number of hydrogen-bond acceptors (Lipinski definition) is 4. The fourth-order valence-electron chi connectivity index (χ4n) is 4.12. The monoisotopic (exact) mass is 489 g/mol. The molecular formula is C24H25Cl2N3O2S. The summed E-state index contributed by atoms with van der Waals surface area (Å²) < 4.78 is 24.5. The minimum atomic E-state index is -3.84. The minimum absolute atomic E-state index is 0.147. The zero-order chi connectivity index (χ0) is 22.9. The molecule has 0 radical (unpaired) electrons. The Labute approximate surface area is 199 Å². The van der Waals surface area contributed by atoms with Crippen LogP contribution in [0.2, 0.25) is 10.0 Å². The second-order valence-electron chi connectivity index (χ2n) is 8.07. The van der Waals surface area contributed by atoms with Gasteiger partial charge in [0.2, 0.25) is 10.0 Å². The molecule has 2 N–H and O–H groups in total. The molecular weight excluding hydrogens is 465 g/mol. The molecule has 1 aliphatic rings. The summed E-state index contributed by atoms with van der Waals surface area (Å²) in [6.45, 7) is 6.17. The molecule has 0 spiro atoms. The van der Waals surface area contributed by atoms with Crippen molar-refractivity contribution in [3.8, 4) is 11.1 Å². The molecule has 168 valence electrons. The first-order valence-corrected chi connectivity index (χ1v) is 12.7. The van der Waals surface area contributed by atoms with E-state index in [4.69, 9.17) is 28.3 Å². The molecule has 0 atom stereocenters. The van der Waals surface area contributed by atoms with Crippen molar-refractivity contribution in [2.45, 2.75) is 18.4 Å². The van der Waals surface area contributed by atoms with Gasteiger partial charge >= 0.3 is 0 Å².